The third kappa shape index (κ3) is 4.40. The lowest BCUT2D eigenvalue weighted by molar-refractivity contribution is 0.516. The molecule has 0 saturated carbocycles. The average Bonchev–Trinajstić information content (AvgIpc) is 1.68. The monoisotopic (exact) mass is 138 g/mol. The SMILES string of the molecule is CCC[S+]([O-])CCF. The summed E-state index contributed by atoms with van der Waals surface area (Å²) in [6.07, 6.45) is 0.882. The molecule has 0 radical (unpaired) electrons. The lowest BCUT2D eigenvalue weighted by Crippen LogP contribution is -2.11. The van der Waals surface area contributed by atoms with Gasteiger partial charge in [-0.1, -0.05) is 18.1 Å². The zero-order valence-corrected chi connectivity index (χ0v) is 5.84. The molecular weight excluding hydrogens is 127 g/mol. The maximum absolute atomic E-state index is 11.4. The Morgan fingerprint density at radius 2 is 2.12 bits per heavy atom. The molecule has 0 bridgehead atoms. The minimum absolute atomic E-state index is 0.216. The molecule has 0 saturated heterocycles. The molecule has 1 nitrogen and oxygen atoms in total. The summed E-state index contributed by atoms with van der Waals surface area (Å²) in [5.41, 5.74) is 0. The molecule has 0 heterocycles. The van der Waals surface area contributed by atoms with E-state index in [2.05, 4.69) is 0 Å². The van der Waals surface area contributed by atoms with E-state index in [-0.39, 0.29) is 5.75 Å². The van der Waals surface area contributed by atoms with Gasteiger partial charge in [-0.3, -0.25) is 0 Å². The standard InChI is InChI=1S/C5H11FOS/c1-2-4-8(7)5-3-6/h2-5H2,1H3. The Labute approximate surface area is 52.5 Å². The van der Waals surface area contributed by atoms with E-state index in [0.717, 1.165) is 6.42 Å². The van der Waals surface area contributed by atoms with Gasteiger partial charge in [-0.2, -0.15) is 0 Å². The van der Waals surface area contributed by atoms with Crippen molar-refractivity contribution in [2.75, 3.05) is 18.2 Å². The molecule has 1 unspecified atom stereocenters. The van der Waals surface area contributed by atoms with Crippen LogP contribution in [0.3, 0.4) is 0 Å². The lowest BCUT2D eigenvalue weighted by atomic mass is 10.6. The van der Waals surface area contributed by atoms with E-state index in [9.17, 15) is 8.94 Å². The quantitative estimate of drug-likeness (QED) is 0.534. The number of rotatable bonds is 4. The molecule has 0 amide bonds. The molecule has 50 valence electrons. The highest BCUT2D eigenvalue weighted by Gasteiger charge is 2.00. The maximum Gasteiger partial charge on any atom is 0.134 e. The fraction of sp³-hybridized carbons (Fsp3) is 1.00. The Bertz CT molecular complexity index is 45.7. The second-order valence-electron chi connectivity index (χ2n) is 1.54. The molecule has 0 aliphatic rings. The van der Waals surface area contributed by atoms with E-state index in [1.807, 2.05) is 6.92 Å². The van der Waals surface area contributed by atoms with Gasteiger partial charge >= 0.3 is 0 Å². The zero-order chi connectivity index (χ0) is 6.41. The molecule has 0 rings (SSSR count). The van der Waals surface area contributed by atoms with E-state index in [4.69, 9.17) is 0 Å². The number of alkyl halides is 1. The molecule has 0 spiro atoms. The number of hydrogen-bond acceptors (Lipinski definition) is 1. The van der Waals surface area contributed by atoms with Gasteiger partial charge in [0.15, 0.2) is 0 Å². The molecular formula is C5H11FOS. The van der Waals surface area contributed by atoms with Crippen molar-refractivity contribution < 1.29 is 8.94 Å². The van der Waals surface area contributed by atoms with Crippen molar-refractivity contribution >= 4 is 11.2 Å². The van der Waals surface area contributed by atoms with Gasteiger partial charge in [-0.05, 0) is 6.42 Å². The molecule has 0 aliphatic carbocycles. The molecule has 0 aromatic heterocycles. The van der Waals surface area contributed by atoms with Gasteiger partial charge in [0.05, 0.1) is 0 Å². The van der Waals surface area contributed by atoms with Crippen molar-refractivity contribution in [2.24, 2.45) is 0 Å². The van der Waals surface area contributed by atoms with Crippen LogP contribution >= 0.6 is 0 Å². The molecule has 3 heteroatoms. The summed E-state index contributed by atoms with van der Waals surface area (Å²) in [7, 11) is 0. The van der Waals surface area contributed by atoms with Gasteiger partial charge in [0.1, 0.15) is 18.2 Å². The van der Waals surface area contributed by atoms with Crippen LogP contribution in [0.4, 0.5) is 4.39 Å². The summed E-state index contributed by atoms with van der Waals surface area (Å²) in [4.78, 5) is 0. The summed E-state index contributed by atoms with van der Waals surface area (Å²) in [5, 5.41) is 0. The first-order chi connectivity index (χ1) is 3.81. The highest BCUT2D eigenvalue weighted by Crippen LogP contribution is 1.92. The Balaban J connectivity index is 2.92. The van der Waals surface area contributed by atoms with E-state index < -0.39 is 17.9 Å². The van der Waals surface area contributed by atoms with Crippen LogP contribution in [0.5, 0.6) is 0 Å². The fourth-order valence-corrected chi connectivity index (χ4v) is 1.25. The van der Waals surface area contributed by atoms with Crippen LogP contribution < -0.4 is 0 Å². The van der Waals surface area contributed by atoms with E-state index in [1.54, 1.807) is 0 Å². The summed E-state index contributed by atoms with van der Waals surface area (Å²) < 4.78 is 21.9. The second kappa shape index (κ2) is 5.38. The van der Waals surface area contributed by atoms with Crippen molar-refractivity contribution in [1.82, 2.24) is 0 Å². The van der Waals surface area contributed by atoms with Gasteiger partial charge in [-0.15, -0.1) is 0 Å². The van der Waals surface area contributed by atoms with E-state index in [0.29, 0.717) is 5.75 Å². The Hall–Kier alpha value is 0.240. The number of hydrogen-bond donors (Lipinski definition) is 0. The van der Waals surface area contributed by atoms with E-state index in [1.165, 1.54) is 0 Å². The molecule has 8 heavy (non-hydrogen) atoms. The topological polar surface area (TPSA) is 23.1 Å². The summed E-state index contributed by atoms with van der Waals surface area (Å²) in [6, 6.07) is 0. The van der Waals surface area contributed by atoms with Crippen LogP contribution in [-0.4, -0.2) is 22.7 Å². The Morgan fingerprint density at radius 1 is 1.50 bits per heavy atom. The molecule has 0 fully saturated rings. The van der Waals surface area contributed by atoms with E-state index >= 15 is 0 Å². The summed E-state index contributed by atoms with van der Waals surface area (Å²) in [6.45, 7) is 1.49. The lowest BCUT2D eigenvalue weighted by Gasteiger charge is -2.05. The van der Waals surface area contributed by atoms with Gasteiger partial charge < -0.3 is 4.55 Å². The predicted octanol–water partition coefficient (Wildman–Crippen LogP) is 1.11. The van der Waals surface area contributed by atoms with Crippen LogP contribution in [0, 0.1) is 0 Å². The van der Waals surface area contributed by atoms with Gasteiger partial charge in [0.25, 0.3) is 0 Å². The smallest absolute Gasteiger partial charge is 0.134 e. The first kappa shape index (κ1) is 8.24. The number of halogens is 1. The predicted molar refractivity (Wildman–Crippen MR) is 34.1 cm³/mol. The minimum Gasteiger partial charge on any atom is -0.616 e. The second-order valence-corrected chi connectivity index (χ2v) is 3.23. The van der Waals surface area contributed by atoms with Crippen molar-refractivity contribution in [2.45, 2.75) is 13.3 Å². The average molecular weight is 138 g/mol. The van der Waals surface area contributed by atoms with Crippen LogP contribution in [0.25, 0.3) is 0 Å². The molecule has 0 aromatic rings. The van der Waals surface area contributed by atoms with Crippen LogP contribution in [0.2, 0.25) is 0 Å². The fourth-order valence-electron chi connectivity index (χ4n) is 0.416. The van der Waals surface area contributed by atoms with Crippen LogP contribution in [-0.2, 0) is 11.2 Å². The maximum atomic E-state index is 11.4. The Morgan fingerprint density at radius 3 is 2.50 bits per heavy atom. The largest absolute Gasteiger partial charge is 0.616 e. The highest BCUT2D eigenvalue weighted by molar-refractivity contribution is 7.91. The third-order valence-electron chi connectivity index (χ3n) is 0.737. The first-order valence-electron chi connectivity index (χ1n) is 2.72. The molecule has 0 N–H and O–H groups in total. The minimum atomic E-state index is -0.895. The van der Waals surface area contributed by atoms with Crippen LogP contribution in [0.15, 0.2) is 0 Å². The normalized spacial score (nSPS) is 13.9. The Kier molecular flexibility index (Phi) is 5.54. The van der Waals surface area contributed by atoms with Crippen molar-refractivity contribution in [3.05, 3.63) is 0 Å². The summed E-state index contributed by atoms with van der Waals surface area (Å²) in [5.74, 6) is 0.859. The molecule has 0 aromatic carbocycles. The van der Waals surface area contributed by atoms with Gasteiger partial charge in [0, 0.05) is 0 Å². The molecule has 0 aliphatic heterocycles. The molecule has 1 atom stereocenters. The van der Waals surface area contributed by atoms with Crippen molar-refractivity contribution in [3.8, 4) is 0 Å². The van der Waals surface area contributed by atoms with Crippen molar-refractivity contribution in [3.63, 3.8) is 0 Å². The van der Waals surface area contributed by atoms with Gasteiger partial charge in [0.2, 0.25) is 0 Å². The van der Waals surface area contributed by atoms with Gasteiger partial charge in [-0.25, -0.2) is 4.39 Å². The first-order valence-corrected chi connectivity index (χ1v) is 4.21. The van der Waals surface area contributed by atoms with Crippen molar-refractivity contribution in [1.29, 1.82) is 0 Å². The summed E-state index contributed by atoms with van der Waals surface area (Å²) >= 11 is -0.895. The third-order valence-corrected chi connectivity index (χ3v) is 2.21. The highest BCUT2D eigenvalue weighted by atomic mass is 32.2. The van der Waals surface area contributed by atoms with Crippen LogP contribution in [0.1, 0.15) is 13.3 Å². The zero-order valence-electron chi connectivity index (χ0n) is 5.02.